The van der Waals surface area contributed by atoms with Gasteiger partial charge in [-0.25, -0.2) is 4.39 Å². The van der Waals surface area contributed by atoms with Crippen molar-refractivity contribution in [3.05, 3.63) is 29.1 Å². The monoisotopic (exact) mass is 184 g/mol. The summed E-state index contributed by atoms with van der Waals surface area (Å²) < 4.78 is 13.0. The third kappa shape index (κ3) is 1.96. The first-order chi connectivity index (χ1) is 6.06. The highest BCUT2D eigenvalue weighted by Gasteiger charge is 2.11. The topological polar surface area (TPSA) is 72.3 Å². The average Bonchev–Trinajstić information content (AvgIpc) is 2.10. The molecule has 4 heteroatoms. The van der Waals surface area contributed by atoms with E-state index in [1.807, 2.05) is 0 Å². The summed E-state index contributed by atoms with van der Waals surface area (Å²) in [5.41, 5.74) is 11.6. The van der Waals surface area contributed by atoms with Crippen LogP contribution in [-0.4, -0.2) is 11.7 Å². The van der Waals surface area contributed by atoms with E-state index in [0.29, 0.717) is 11.1 Å². The number of aryl methyl sites for hydroxylation is 1. The molecule has 0 aliphatic heterocycles. The summed E-state index contributed by atoms with van der Waals surface area (Å²) in [5.74, 6) is -0.381. The van der Waals surface area contributed by atoms with Crippen LogP contribution in [0.25, 0.3) is 0 Å². The van der Waals surface area contributed by atoms with E-state index in [2.05, 4.69) is 0 Å². The Morgan fingerprint density at radius 1 is 1.54 bits per heavy atom. The van der Waals surface area contributed by atoms with Gasteiger partial charge in [0.2, 0.25) is 0 Å². The second-order valence-electron chi connectivity index (χ2n) is 3.00. The van der Waals surface area contributed by atoms with Gasteiger partial charge in [0.05, 0.1) is 0 Å². The molecular formula is C9H13FN2O. The summed E-state index contributed by atoms with van der Waals surface area (Å²) in [6.45, 7) is 1.75. The lowest BCUT2D eigenvalue weighted by Gasteiger charge is -2.12. The van der Waals surface area contributed by atoms with Crippen molar-refractivity contribution >= 4 is 0 Å². The van der Waals surface area contributed by atoms with Crippen LogP contribution < -0.4 is 11.5 Å². The molecule has 13 heavy (non-hydrogen) atoms. The quantitative estimate of drug-likeness (QED) is 0.636. The van der Waals surface area contributed by atoms with E-state index in [1.165, 1.54) is 12.1 Å². The first-order valence-corrected chi connectivity index (χ1v) is 4.01. The van der Waals surface area contributed by atoms with E-state index in [-0.39, 0.29) is 18.1 Å². The number of hydrogen-bond acceptors (Lipinski definition) is 3. The Hall–Kier alpha value is -1.13. The van der Waals surface area contributed by atoms with Crippen molar-refractivity contribution in [2.75, 3.05) is 6.54 Å². The first-order valence-electron chi connectivity index (χ1n) is 4.01. The maximum atomic E-state index is 13.0. The minimum absolute atomic E-state index is 0.00292. The molecule has 5 N–H and O–H groups in total. The number of phenols is 1. The maximum absolute atomic E-state index is 13.0. The number of hydrogen-bond donors (Lipinski definition) is 3. The molecule has 0 spiro atoms. The Balaban J connectivity index is 3.15. The highest BCUT2D eigenvalue weighted by molar-refractivity contribution is 5.38. The summed E-state index contributed by atoms with van der Waals surface area (Å²) in [6, 6.07) is 2.05. The minimum atomic E-state index is -0.518. The molecule has 0 radical (unpaired) electrons. The predicted octanol–water partition coefficient (Wildman–Crippen LogP) is 0.798. The molecule has 0 bridgehead atoms. The second kappa shape index (κ2) is 3.72. The molecule has 0 amide bonds. The molecule has 0 unspecified atom stereocenters. The van der Waals surface area contributed by atoms with Crippen molar-refractivity contribution in [2.24, 2.45) is 11.5 Å². The van der Waals surface area contributed by atoms with Crippen LogP contribution in [0, 0.1) is 12.7 Å². The van der Waals surface area contributed by atoms with Gasteiger partial charge in [-0.15, -0.1) is 0 Å². The Morgan fingerprint density at radius 2 is 2.15 bits per heavy atom. The third-order valence-corrected chi connectivity index (χ3v) is 1.96. The van der Waals surface area contributed by atoms with E-state index < -0.39 is 6.04 Å². The van der Waals surface area contributed by atoms with Gasteiger partial charge in [0.25, 0.3) is 0 Å². The van der Waals surface area contributed by atoms with Crippen LogP contribution in [0.1, 0.15) is 17.2 Å². The summed E-state index contributed by atoms with van der Waals surface area (Å²) in [7, 11) is 0. The van der Waals surface area contributed by atoms with Crippen molar-refractivity contribution in [3.8, 4) is 5.75 Å². The molecular weight excluding hydrogens is 171 g/mol. The first kappa shape index (κ1) is 9.95. The number of aromatic hydroxyl groups is 1. The standard InChI is InChI=1S/C9H13FN2O/c1-5-2-9(13)6(3-7(5)10)8(12)4-11/h2-3,8,13H,4,11-12H2,1H3/t8-/m1/s1. The molecule has 0 aliphatic carbocycles. The summed E-state index contributed by atoms with van der Waals surface area (Å²) in [4.78, 5) is 0. The molecule has 0 saturated carbocycles. The lowest BCUT2D eigenvalue weighted by molar-refractivity contribution is 0.458. The Labute approximate surface area is 76.2 Å². The van der Waals surface area contributed by atoms with Gasteiger partial charge in [0.15, 0.2) is 0 Å². The van der Waals surface area contributed by atoms with Gasteiger partial charge in [-0.05, 0) is 24.6 Å². The molecule has 72 valence electrons. The molecule has 1 rings (SSSR count). The fourth-order valence-electron chi connectivity index (χ4n) is 1.11. The number of rotatable bonds is 2. The highest BCUT2D eigenvalue weighted by atomic mass is 19.1. The molecule has 1 aromatic carbocycles. The van der Waals surface area contributed by atoms with E-state index in [9.17, 15) is 9.50 Å². The number of nitrogens with two attached hydrogens (primary N) is 2. The van der Waals surface area contributed by atoms with Crippen molar-refractivity contribution in [2.45, 2.75) is 13.0 Å². The SMILES string of the molecule is Cc1cc(O)c([C@H](N)CN)cc1F. The maximum Gasteiger partial charge on any atom is 0.126 e. The van der Waals surface area contributed by atoms with Gasteiger partial charge < -0.3 is 16.6 Å². The predicted molar refractivity (Wildman–Crippen MR) is 48.8 cm³/mol. The van der Waals surface area contributed by atoms with Crippen molar-refractivity contribution < 1.29 is 9.50 Å². The van der Waals surface area contributed by atoms with Crippen LogP contribution in [0.2, 0.25) is 0 Å². The van der Waals surface area contributed by atoms with Gasteiger partial charge in [-0.3, -0.25) is 0 Å². The van der Waals surface area contributed by atoms with E-state index in [1.54, 1.807) is 6.92 Å². The molecule has 3 nitrogen and oxygen atoms in total. The molecule has 0 saturated heterocycles. The van der Waals surface area contributed by atoms with Gasteiger partial charge in [-0.2, -0.15) is 0 Å². The van der Waals surface area contributed by atoms with Crippen molar-refractivity contribution in [1.82, 2.24) is 0 Å². The Morgan fingerprint density at radius 3 is 2.69 bits per heavy atom. The van der Waals surface area contributed by atoms with Gasteiger partial charge in [0, 0.05) is 18.2 Å². The van der Waals surface area contributed by atoms with Crippen molar-refractivity contribution in [1.29, 1.82) is 0 Å². The normalized spacial score (nSPS) is 12.9. The number of benzene rings is 1. The van der Waals surface area contributed by atoms with Crippen LogP contribution in [0.15, 0.2) is 12.1 Å². The lowest BCUT2D eigenvalue weighted by atomic mass is 10.0. The minimum Gasteiger partial charge on any atom is -0.508 e. The number of phenolic OH excluding ortho intramolecular Hbond substituents is 1. The zero-order valence-corrected chi connectivity index (χ0v) is 7.42. The smallest absolute Gasteiger partial charge is 0.126 e. The molecule has 0 heterocycles. The van der Waals surface area contributed by atoms with Gasteiger partial charge in [-0.1, -0.05) is 0 Å². The fraction of sp³-hybridized carbons (Fsp3) is 0.333. The molecule has 0 aromatic heterocycles. The zero-order chi connectivity index (χ0) is 10.0. The average molecular weight is 184 g/mol. The Bertz CT molecular complexity index is 315. The largest absolute Gasteiger partial charge is 0.508 e. The zero-order valence-electron chi connectivity index (χ0n) is 7.42. The van der Waals surface area contributed by atoms with Crippen molar-refractivity contribution in [3.63, 3.8) is 0 Å². The van der Waals surface area contributed by atoms with E-state index >= 15 is 0 Å². The lowest BCUT2D eigenvalue weighted by Crippen LogP contribution is -2.21. The summed E-state index contributed by atoms with van der Waals surface area (Å²) in [5, 5.41) is 9.42. The van der Waals surface area contributed by atoms with Gasteiger partial charge in [0.1, 0.15) is 11.6 Å². The van der Waals surface area contributed by atoms with E-state index in [0.717, 1.165) is 0 Å². The molecule has 1 atom stereocenters. The van der Waals surface area contributed by atoms with Gasteiger partial charge >= 0.3 is 0 Å². The second-order valence-corrected chi connectivity index (χ2v) is 3.00. The number of halogens is 1. The highest BCUT2D eigenvalue weighted by Crippen LogP contribution is 2.25. The third-order valence-electron chi connectivity index (χ3n) is 1.96. The Kier molecular flexibility index (Phi) is 2.85. The summed E-state index contributed by atoms with van der Waals surface area (Å²) >= 11 is 0. The van der Waals surface area contributed by atoms with Crippen LogP contribution >= 0.6 is 0 Å². The summed E-state index contributed by atoms with van der Waals surface area (Å²) in [6.07, 6.45) is 0. The van der Waals surface area contributed by atoms with E-state index in [4.69, 9.17) is 11.5 Å². The van der Waals surface area contributed by atoms with Crippen LogP contribution in [-0.2, 0) is 0 Å². The van der Waals surface area contributed by atoms with Crippen LogP contribution in [0.5, 0.6) is 5.75 Å². The van der Waals surface area contributed by atoms with Crippen LogP contribution in [0.3, 0.4) is 0 Å². The van der Waals surface area contributed by atoms with Crippen LogP contribution in [0.4, 0.5) is 4.39 Å². The fourth-order valence-corrected chi connectivity index (χ4v) is 1.11. The molecule has 0 fully saturated rings. The molecule has 1 aromatic rings. The molecule has 0 aliphatic rings.